The van der Waals surface area contributed by atoms with Gasteiger partial charge in [0.15, 0.2) is 0 Å². The number of likely N-dealkylation sites (N-methyl/N-ethyl adjacent to an activating group) is 1. The van der Waals surface area contributed by atoms with Crippen LogP contribution < -0.4 is 5.32 Å². The average Bonchev–Trinajstić information content (AvgIpc) is 2.85. The summed E-state index contributed by atoms with van der Waals surface area (Å²) in [6.45, 7) is 2.94. The molecule has 1 unspecified atom stereocenters. The lowest BCUT2D eigenvalue weighted by atomic mass is 9.99. The van der Waals surface area contributed by atoms with Gasteiger partial charge in [-0.3, -0.25) is 4.98 Å². The van der Waals surface area contributed by atoms with E-state index in [0.717, 1.165) is 23.3 Å². The van der Waals surface area contributed by atoms with Gasteiger partial charge < -0.3 is 10.2 Å². The molecule has 0 spiro atoms. The quantitative estimate of drug-likeness (QED) is 0.423. The van der Waals surface area contributed by atoms with E-state index >= 15 is 0 Å². The van der Waals surface area contributed by atoms with E-state index in [0.29, 0.717) is 6.04 Å². The molecule has 0 bridgehead atoms. The van der Waals surface area contributed by atoms with Crippen LogP contribution in [-0.2, 0) is 6.54 Å². The third-order valence-electron chi connectivity index (χ3n) is 6.08. The third kappa shape index (κ3) is 4.12. The van der Waals surface area contributed by atoms with Crippen LogP contribution in [0.2, 0.25) is 0 Å². The van der Waals surface area contributed by atoms with Crippen molar-refractivity contribution in [3.8, 4) is 11.1 Å². The molecule has 0 amide bonds. The lowest BCUT2D eigenvalue weighted by Crippen LogP contribution is -2.23. The standard InChI is InChI=1S/C28H26N4/c1-20-17-25(12-16-32(20)2)22-5-3-21(4-6-22)19-31-28-27-8-7-24(18-26(27)11-15-30-28)23-9-13-29-14-10-23/h3-18,20H,19H2,1-2H3,(H,30,31). The van der Waals surface area contributed by atoms with Crippen molar-refractivity contribution in [2.75, 3.05) is 12.4 Å². The van der Waals surface area contributed by atoms with Gasteiger partial charge in [0.1, 0.15) is 5.82 Å². The molecular weight excluding hydrogens is 392 g/mol. The summed E-state index contributed by atoms with van der Waals surface area (Å²) in [6.07, 6.45) is 12.1. The molecule has 158 valence electrons. The van der Waals surface area contributed by atoms with Crippen molar-refractivity contribution >= 4 is 22.2 Å². The summed E-state index contributed by atoms with van der Waals surface area (Å²) < 4.78 is 0. The summed E-state index contributed by atoms with van der Waals surface area (Å²) in [7, 11) is 2.10. The van der Waals surface area contributed by atoms with Crippen molar-refractivity contribution in [3.63, 3.8) is 0 Å². The largest absolute Gasteiger partial charge is 0.374 e. The van der Waals surface area contributed by atoms with Crippen molar-refractivity contribution in [3.05, 3.63) is 109 Å². The molecule has 1 N–H and O–H groups in total. The SMILES string of the molecule is CC1C=C(c2ccc(CNc3nccc4cc(-c5ccncc5)ccc34)cc2)C=CN1C. The first kappa shape index (κ1) is 20.0. The first-order valence-corrected chi connectivity index (χ1v) is 10.9. The fourth-order valence-corrected chi connectivity index (χ4v) is 4.00. The zero-order chi connectivity index (χ0) is 21.9. The van der Waals surface area contributed by atoms with Gasteiger partial charge in [-0.15, -0.1) is 0 Å². The van der Waals surface area contributed by atoms with Crippen LogP contribution in [0.25, 0.3) is 27.5 Å². The Hall–Kier alpha value is -3.92. The Labute approximate surface area is 189 Å². The minimum absolute atomic E-state index is 0.410. The van der Waals surface area contributed by atoms with Gasteiger partial charge in [-0.2, -0.15) is 0 Å². The minimum atomic E-state index is 0.410. The van der Waals surface area contributed by atoms with Gasteiger partial charge in [0.05, 0.1) is 0 Å². The van der Waals surface area contributed by atoms with Gasteiger partial charge in [-0.05, 0) is 76.7 Å². The summed E-state index contributed by atoms with van der Waals surface area (Å²) in [5.41, 5.74) is 6.09. The van der Waals surface area contributed by atoms with Crippen molar-refractivity contribution in [2.45, 2.75) is 19.5 Å². The van der Waals surface area contributed by atoms with Crippen molar-refractivity contribution < 1.29 is 0 Å². The number of rotatable bonds is 5. The van der Waals surface area contributed by atoms with Crippen LogP contribution in [0, 0.1) is 0 Å². The number of fused-ring (bicyclic) bond motifs is 1. The number of anilines is 1. The molecular formula is C28H26N4. The van der Waals surface area contributed by atoms with Crippen LogP contribution in [0.15, 0.2) is 97.6 Å². The van der Waals surface area contributed by atoms with Crippen LogP contribution in [0.3, 0.4) is 0 Å². The topological polar surface area (TPSA) is 41.1 Å². The fraction of sp³-hybridized carbons (Fsp3) is 0.143. The van der Waals surface area contributed by atoms with Crippen LogP contribution in [0.4, 0.5) is 5.82 Å². The minimum Gasteiger partial charge on any atom is -0.374 e. The maximum Gasteiger partial charge on any atom is 0.134 e. The smallest absolute Gasteiger partial charge is 0.134 e. The molecule has 0 radical (unpaired) electrons. The molecule has 4 heteroatoms. The second-order valence-corrected chi connectivity index (χ2v) is 8.23. The molecule has 1 atom stereocenters. The zero-order valence-corrected chi connectivity index (χ0v) is 18.4. The number of pyridine rings is 2. The molecule has 32 heavy (non-hydrogen) atoms. The number of allylic oxidation sites excluding steroid dienone is 2. The maximum atomic E-state index is 4.59. The van der Waals surface area contributed by atoms with E-state index in [4.69, 9.17) is 0 Å². The van der Waals surface area contributed by atoms with Gasteiger partial charge in [0.2, 0.25) is 0 Å². The highest BCUT2D eigenvalue weighted by Crippen LogP contribution is 2.28. The highest BCUT2D eigenvalue weighted by atomic mass is 15.1. The molecule has 3 heterocycles. The Morgan fingerprint density at radius 3 is 2.44 bits per heavy atom. The van der Waals surface area contributed by atoms with Gasteiger partial charge in [0.25, 0.3) is 0 Å². The molecule has 4 nitrogen and oxygen atoms in total. The number of nitrogens with one attached hydrogen (secondary N) is 1. The van der Waals surface area contributed by atoms with Gasteiger partial charge in [-0.1, -0.05) is 42.5 Å². The number of hydrogen-bond acceptors (Lipinski definition) is 4. The maximum absolute atomic E-state index is 4.59. The number of benzene rings is 2. The molecule has 2 aromatic carbocycles. The molecule has 2 aromatic heterocycles. The fourth-order valence-electron chi connectivity index (χ4n) is 4.00. The van der Waals surface area contributed by atoms with E-state index in [9.17, 15) is 0 Å². The molecule has 1 aliphatic heterocycles. The molecule has 0 aliphatic carbocycles. The number of nitrogens with zero attached hydrogens (tertiary/aromatic N) is 3. The van der Waals surface area contributed by atoms with Crippen LogP contribution in [0.5, 0.6) is 0 Å². The van der Waals surface area contributed by atoms with E-state index in [-0.39, 0.29) is 0 Å². The van der Waals surface area contributed by atoms with E-state index in [1.807, 2.05) is 30.7 Å². The lowest BCUT2D eigenvalue weighted by molar-refractivity contribution is 0.404. The Morgan fingerprint density at radius 2 is 1.66 bits per heavy atom. The monoisotopic (exact) mass is 418 g/mol. The van der Waals surface area contributed by atoms with Crippen LogP contribution in [-0.4, -0.2) is 28.0 Å². The Bertz CT molecular complexity index is 1290. The average molecular weight is 419 g/mol. The zero-order valence-electron chi connectivity index (χ0n) is 18.4. The summed E-state index contributed by atoms with van der Waals surface area (Å²) in [5.74, 6) is 0.905. The molecule has 5 rings (SSSR count). The molecule has 0 saturated carbocycles. The van der Waals surface area contributed by atoms with Crippen molar-refractivity contribution in [1.29, 1.82) is 0 Å². The predicted molar refractivity (Wildman–Crippen MR) is 133 cm³/mol. The van der Waals surface area contributed by atoms with Gasteiger partial charge in [-0.25, -0.2) is 4.98 Å². The van der Waals surface area contributed by atoms with Crippen LogP contribution in [0.1, 0.15) is 18.1 Å². The Morgan fingerprint density at radius 1 is 0.875 bits per heavy atom. The Balaban J connectivity index is 1.32. The van der Waals surface area contributed by atoms with Gasteiger partial charge in [0, 0.05) is 43.6 Å². The van der Waals surface area contributed by atoms with E-state index in [1.54, 1.807) is 0 Å². The molecule has 0 fully saturated rings. The van der Waals surface area contributed by atoms with E-state index in [1.165, 1.54) is 27.6 Å². The van der Waals surface area contributed by atoms with Crippen LogP contribution >= 0.6 is 0 Å². The predicted octanol–water partition coefficient (Wildman–Crippen LogP) is 6.14. The van der Waals surface area contributed by atoms with Crippen molar-refractivity contribution in [2.24, 2.45) is 0 Å². The third-order valence-corrected chi connectivity index (χ3v) is 6.08. The first-order chi connectivity index (χ1) is 15.7. The first-order valence-electron chi connectivity index (χ1n) is 10.9. The second-order valence-electron chi connectivity index (χ2n) is 8.23. The molecule has 0 saturated heterocycles. The highest BCUT2D eigenvalue weighted by molar-refractivity contribution is 5.94. The molecule has 1 aliphatic rings. The number of hydrogen-bond donors (Lipinski definition) is 1. The van der Waals surface area contributed by atoms with Crippen molar-refractivity contribution in [1.82, 2.24) is 14.9 Å². The summed E-state index contributed by atoms with van der Waals surface area (Å²) >= 11 is 0. The second kappa shape index (κ2) is 8.67. The summed E-state index contributed by atoms with van der Waals surface area (Å²) in [4.78, 5) is 10.9. The normalized spacial score (nSPS) is 15.6. The van der Waals surface area contributed by atoms with E-state index < -0.39 is 0 Å². The van der Waals surface area contributed by atoms with Gasteiger partial charge >= 0.3 is 0 Å². The molecule has 4 aromatic rings. The van der Waals surface area contributed by atoms with E-state index in [2.05, 4.69) is 101 Å². The lowest BCUT2D eigenvalue weighted by Gasteiger charge is -2.25. The Kier molecular flexibility index (Phi) is 5.42. The summed E-state index contributed by atoms with van der Waals surface area (Å²) in [5, 5.41) is 5.81. The number of aromatic nitrogens is 2. The highest BCUT2D eigenvalue weighted by Gasteiger charge is 2.10. The summed E-state index contributed by atoms with van der Waals surface area (Å²) in [6, 6.07) is 21.8.